The highest BCUT2D eigenvalue weighted by molar-refractivity contribution is 5.78. The van der Waals surface area contributed by atoms with Gasteiger partial charge in [0.15, 0.2) is 0 Å². The lowest BCUT2D eigenvalue weighted by atomic mass is 10.0. The Hall–Kier alpha value is -1.55. The molecule has 2 aliphatic rings. The third-order valence-electron chi connectivity index (χ3n) is 4.84. The van der Waals surface area contributed by atoms with Crippen LogP contribution in [0.5, 0.6) is 5.75 Å². The molecule has 2 unspecified atom stereocenters. The van der Waals surface area contributed by atoms with Crippen molar-refractivity contribution in [3.8, 4) is 5.75 Å². The van der Waals surface area contributed by atoms with Crippen molar-refractivity contribution in [3.05, 3.63) is 29.8 Å². The Morgan fingerprint density at radius 1 is 1.29 bits per heavy atom. The summed E-state index contributed by atoms with van der Waals surface area (Å²) in [5.41, 5.74) is 1.02. The molecule has 1 aromatic carbocycles. The quantitative estimate of drug-likeness (QED) is 0.901. The van der Waals surface area contributed by atoms with Crippen LogP contribution >= 0.6 is 0 Å². The molecule has 0 bridgehead atoms. The molecular formula is C17H24N2O2. The first-order chi connectivity index (χ1) is 10.3. The zero-order chi connectivity index (χ0) is 14.7. The fourth-order valence-electron chi connectivity index (χ4n) is 3.76. The second kappa shape index (κ2) is 6.48. The third kappa shape index (κ3) is 3.38. The molecule has 2 atom stereocenters. The van der Waals surface area contributed by atoms with Gasteiger partial charge < -0.3 is 10.1 Å². The normalized spacial score (nSPS) is 24.8. The molecule has 1 aliphatic heterocycles. The minimum atomic E-state index is 0.112. The molecule has 1 saturated heterocycles. The maximum atomic E-state index is 12.1. The summed E-state index contributed by atoms with van der Waals surface area (Å²) in [6.07, 6.45) is 4.08. The lowest BCUT2D eigenvalue weighted by Gasteiger charge is -2.16. The molecule has 1 heterocycles. The summed E-state index contributed by atoms with van der Waals surface area (Å²) in [5, 5.41) is 3.01. The second-order valence-electron chi connectivity index (χ2n) is 6.23. The van der Waals surface area contributed by atoms with Crippen molar-refractivity contribution in [2.24, 2.45) is 11.8 Å². The van der Waals surface area contributed by atoms with Crippen LogP contribution in [-0.2, 0) is 11.3 Å². The summed E-state index contributed by atoms with van der Waals surface area (Å²) in [4.78, 5) is 14.4. The minimum absolute atomic E-state index is 0.112. The predicted molar refractivity (Wildman–Crippen MR) is 82.1 cm³/mol. The highest BCUT2D eigenvalue weighted by atomic mass is 16.5. The van der Waals surface area contributed by atoms with Crippen molar-refractivity contribution in [2.45, 2.75) is 25.8 Å². The molecule has 1 saturated carbocycles. The molecule has 114 valence electrons. The first-order valence-electron chi connectivity index (χ1n) is 7.87. The number of nitrogens with zero attached hydrogens (tertiary/aromatic N) is 1. The molecule has 4 heteroatoms. The Morgan fingerprint density at radius 2 is 2.00 bits per heavy atom. The van der Waals surface area contributed by atoms with Gasteiger partial charge in [0.05, 0.1) is 13.7 Å². The van der Waals surface area contributed by atoms with E-state index in [-0.39, 0.29) is 5.91 Å². The van der Waals surface area contributed by atoms with E-state index in [1.54, 1.807) is 7.11 Å². The van der Waals surface area contributed by atoms with E-state index in [1.807, 2.05) is 24.3 Å². The van der Waals surface area contributed by atoms with Crippen molar-refractivity contribution in [2.75, 3.05) is 26.7 Å². The monoisotopic (exact) mass is 288 g/mol. The summed E-state index contributed by atoms with van der Waals surface area (Å²) in [7, 11) is 1.66. The van der Waals surface area contributed by atoms with Crippen molar-refractivity contribution < 1.29 is 9.53 Å². The van der Waals surface area contributed by atoms with Gasteiger partial charge in [-0.3, -0.25) is 9.69 Å². The van der Waals surface area contributed by atoms with Crippen LogP contribution in [0.15, 0.2) is 24.3 Å². The summed E-state index contributed by atoms with van der Waals surface area (Å²) >= 11 is 0. The molecule has 1 aromatic rings. The Bertz CT molecular complexity index is 491. The van der Waals surface area contributed by atoms with E-state index in [4.69, 9.17) is 4.74 Å². The van der Waals surface area contributed by atoms with Crippen LogP contribution in [0, 0.1) is 11.8 Å². The van der Waals surface area contributed by atoms with E-state index in [0.29, 0.717) is 13.1 Å². The maximum Gasteiger partial charge on any atom is 0.234 e. The zero-order valence-electron chi connectivity index (χ0n) is 12.7. The fourth-order valence-corrected chi connectivity index (χ4v) is 3.76. The van der Waals surface area contributed by atoms with E-state index in [9.17, 15) is 4.79 Å². The number of fused-ring (bicyclic) bond motifs is 1. The molecule has 1 N–H and O–H groups in total. The average molecular weight is 288 g/mol. The maximum absolute atomic E-state index is 12.1. The first kappa shape index (κ1) is 14.4. The summed E-state index contributed by atoms with van der Waals surface area (Å²) in [6, 6.07) is 7.81. The van der Waals surface area contributed by atoms with Gasteiger partial charge in [-0.25, -0.2) is 0 Å². The number of para-hydroxylation sites is 1. The number of hydrogen-bond donors (Lipinski definition) is 1. The SMILES string of the molecule is COc1ccccc1CNC(=O)CN1CC2CCCC2C1. The van der Waals surface area contributed by atoms with Gasteiger partial charge in [0.25, 0.3) is 0 Å². The number of likely N-dealkylation sites (tertiary alicyclic amines) is 1. The molecule has 0 spiro atoms. The average Bonchev–Trinajstić information content (AvgIpc) is 3.06. The highest BCUT2D eigenvalue weighted by Crippen LogP contribution is 2.37. The van der Waals surface area contributed by atoms with Crippen LogP contribution in [-0.4, -0.2) is 37.6 Å². The number of carbonyl (C=O) groups is 1. The summed E-state index contributed by atoms with van der Waals surface area (Å²) < 4.78 is 5.30. The number of rotatable bonds is 5. The van der Waals surface area contributed by atoms with E-state index < -0.39 is 0 Å². The lowest BCUT2D eigenvalue weighted by Crippen LogP contribution is -2.36. The molecule has 4 nitrogen and oxygen atoms in total. The van der Waals surface area contributed by atoms with Gasteiger partial charge in [-0.05, 0) is 30.7 Å². The van der Waals surface area contributed by atoms with Crippen LogP contribution in [0.3, 0.4) is 0 Å². The molecule has 1 aliphatic carbocycles. The molecule has 0 radical (unpaired) electrons. The van der Waals surface area contributed by atoms with E-state index in [2.05, 4.69) is 10.2 Å². The largest absolute Gasteiger partial charge is 0.496 e. The van der Waals surface area contributed by atoms with E-state index >= 15 is 0 Å². The molecule has 2 fully saturated rings. The summed E-state index contributed by atoms with van der Waals surface area (Å²) in [6.45, 7) is 3.27. The van der Waals surface area contributed by atoms with E-state index in [0.717, 1.165) is 36.2 Å². The molecular weight excluding hydrogens is 264 g/mol. The van der Waals surface area contributed by atoms with Crippen molar-refractivity contribution in [3.63, 3.8) is 0 Å². The van der Waals surface area contributed by atoms with Gasteiger partial charge >= 0.3 is 0 Å². The highest BCUT2D eigenvalue weighted by Gasteiger charge is 2.36. The number of methoxy groups -OCH3 is 1. The number of ether oxygens (including phenoxy) is 1. The van der Waals surface area contributed by atoms with Crippen molar-refractivity contribution in [1.82, 2.24) is 10.2 Å². The topological polar surface area (TPSA) is 41.6 Å². The van der Waals surface area contributed by atoms with Crippen LogP contribution in [0.1, 0.15) is 24.8 Å². The lowest BCUT2D eigenvalue weighted by molar-refractivity contribution is -0.122. The van der Waals surface area contributed by atoms with Gasteiger partial charge in [0.1, 0.15) is 5.75 Å². The second-order valence-corrected chi connectivity index (χ2v) is 6.23. The van der Waals surface area contributed by atoms with E-state index in [1.165, 1.54) is 19.3 Å². The zero-order valence-corrected chi connectivity index (χ0v) is 12.7. The van der Waals surface area contributed by atoms with Crippen molar-refractivity contribution >= 4 is 5.91 Å². The molecule has 1 amide bonds. The van der Waals surface area contributed by atoms with Gasteiger partial charge in [-0.2, -0.15) is 0 Å². The third-order valence-corrected chi connectivity index (χ3v) is 4.84. The van der Waals surface area contributed by atoms with Crippen LogP contribution in [0.4, 0.5) is 0 Å². The first-order valence-corrected chi connectivity index (χ1v) is 7.87. The minimum Gasteiger partial charge on any atom is -0.496 e. The predicted octanol–water partition coefficient (Wildman–Crippen LogP) is 2.04. The van der Waals surface area contributed by atoms with Gasteiger partial charge in [0, 0.05) is 25.2 Å². The van der Waals surface area contributed by atoms with Gasteiger partial charge in [0.2, 0.25) is 5.91 Å². The summed E-state index contributed by atoms with van der Waals surface area (Å²) in [5.74, 6) is 2.62. The number of amides is 1. The Balaban J connectivity index is 1.46. The van der Waals surface area contributed by atoms with Gasteiger partial charge in [-0.1, -0.05) is 24.6 Å². The number of benzene rings is 1. The van der Waals surface area contributed by atoms with Crippen LogP contribution in [0.2, 0.25) is 0 Å². The van der Waals surface area contributed by atoms with Crippen molar-refractivity contribution in [1.29, 1.82) is 0 Å². The smallest absolute Gasteiger partial charge is 0.234 e. The Morgan fingerprint density at radius 3 is 2.71 bits per heavy atom. The van der Waals surface area contributed by atoms with Crippen LogP contribution in [0.25, 0.3) is 0 Å². The Labute approximate surface area is 126 Å². The fraction of sp³-hybridized carbons (Fsp3) is 0.588. The number of carbonyl (C=O) groups excluding carboxylic acids is 1. The number of hydrogen-bond acceptors (Lipinski definition) is 3. The Kier molecular flexibility index (Phi) is 4.44. The molecule has 21 heavy (non-hydrogen) atoms. The standard InChI is InChI=1S/C17H24N2O2/c1-21-16-8-3-2-5-13(16)9-18-17(20)12-19-10-14-6-4-7-15(14)11-19/h2-3,5,8,14-15H,4,6-7,9-12H2,1H3,(H,18,20). The van der Waals surface area contributed by atoms with Crippen LogP contribution < -0.4 is 10.1 Å². The van der Waals surface area contributed by atoms with Gasteiger partial charge in [-0.15, -0.1) is 0 Å². The molecule has 0 aromatic heterocycles. The number of nitrogens with one attached hydrogen (secondary N) is 1. The molecule has 3 rings (SSSR count).